The number of H-pyrrole nitrogens is 1. The van der Waals surface area contributed by atoms with Gasteiger partial charge in [-0.2, -0.15) is 4.98 Å². The van der Waals surface area contributed by atoms with E-state index in [0.29, 0.717) is 5.95 Å². The van der Waals surface area contributed by atoms with Crippen LogP contribution in [0.2, 0.25) is 0 Å². The molecule has 160 valence electrons. The number of likely N-dealkylation sites (N-methyl/N-ethyl adjacent to an activating group) is 1. The number of pyridine rings is 1. The molecule has 0 bridgehead atoms. The molecule has 5 heterocycles. The van der Waals surface area contributed by atoms with Gasteiger partial charge in [0.05, 0.1) is 0 Å². The maximum absolute atomic E-state index is 4.70. The molecule has 2 N–H and O–H groups in total. The van der Waals surface area contributed by atoms with E-state index in [9.17, 15) is 0 Å². The Bertz CT molecular complexity index is 1390. The van der Waals surface area contributed by atoms with Gasteiger partial charge in [-0.25, -0.2) is 9.97 Å². The summed E-state index contributed by atoms with van der Waals surface area (Å²) in [6.07, 6.45) is 9.67. The Morgan fingerprint density at radius 3 is 2.84 bits per heavy atom. The molecule has 0 atom stereocenters. The van der Waals surface area contributed by atoms with E-state index in [1.807, 2.05) is 35.1 Å². The zero-order chi connectivity index (χ0) is 21.5. The van der Waals surface area contributed by atoms with Gasteiger partial charge in [-0.15, -0.1) is 0 Å². The van der Waals surface area contributed by atoms with Crippen LogP contribution in [0, 0.1) is 0 Å². The minimum Gasteiger partial charge on any atom is -0.369 e. The minimum absolute atomic E-state index is 0.575. The summed E-state index contributed by atoms with van der Waals surface area (Å²) in [5.74, 6) is 0.575. The number of hydrogen-bond donors (Lipinski definition) is 2. The quantitative estimate of drug-likeness (QED) is 0.457. The number of hydrogen-bond acceptors (Lipinski definition) is 6. The number of benzene rings is 1. The van der Waals surface area contributed by atoms with Crippen LogP contribution < -0.4 is 10.2 Å². The van der Waals surface area contributed by atoms with Gasteiger partial charge >= 0.3 is 0 Å². The Kier molecular flexibility index (Phi) is 4.50. The number of aromatic nitrogens is 5. The predicted octanol–water partition coefficient (Wildman–Crippen LogP) is 3.77. The van der Waals surface area contributed by atoms with Crippen LogP contribution in [0.15, 0.2) is 67.4 Å². The molecule has 1 aliphatic heterocycles. The summed E-state index contributed by atoms with van der Waals surface area (Å²) in [4.78, 5) is 21.7. The fourth-order valence-corrected chi connectivity index (χ4v) is 4.26. The van der Waals surface area contributed by atoms with Crippen molar-refractivity contribution in [2.24, 2.45) is 0 Å². The first-order chi connectivity index (χ1) is 15.7. The fourth-order valence-electron chi connectivity index (χ4n) is 4.26. The molecule has 1 aromatic carbocycles. The highest BCUT2D eigenvalue weighted by Gasteiger charge is 2.15. The van der Waals surface area contributed by atoms with Crippen molar-refractivity contribution in [3.63, 3.8) is 0 Å². The number of fused-ring (bicyclic) bond motifs is 2. The van der Waals surface area contributed by atoms with Crippen molar-refractivity contribution in [1.29, 1.82) is 0 Å². The first-order valence-corrected chi connectivity index (χ1v) is 10.8. The van der Waals surface area contributed by atoms with E-state index in [0.717, 1.165) is 59.7 Å². The Morgan fingerprint density at radius 2 is 1.94 bits per heavy atom. The lowest BCUT2D eigenvalue weighted by Crippen LogP contribution is -2.44. The highest BCUT2D eigenvalue weighted by atomic mass is 15.2. The SMILES string of the molecule is CN1CCN(c2cccc(Nc3ncc4c(-c5ccc6nccn6c5)c[nH]c4n3)c2)CC1. The molecule has 0 unspecified atom stereocenters. The number of anilines is 3. The molecule has 4 aromatic heterocycles. The second-order valence-electron chi connectivity index (χ2n) is 8.23. The zero-order valence-corrected chi connectivity index (χ0v) is 17.9. The van der Waals surface area contributed by atoms with Crippen LogP contribution in [0.1, 0.15) is 0 Å². The first-order valence-electron chi connectivity index (χ1n) is 10.8. The van der Waals surface area contributed by atoms with Gasteiger partial charge in [0.1, 0.15) is 11.3 Å². The summed E-state index contributed by atoms with van der Waals surface area (Å²) in [6, 6.07) is 12.5. The third-order valence-corrected chi connectivity index (χ3v) is 6.10. The van der Waals surface area contributed by atoms with Gasteiger partial charge in [0, 0.05) is 85.1 Å². The summed E-state index contributed by atoms with van der Waals surface area (Å²) >= 11 is 0. The zero-order valence-electron chi connectivity index (χ0n) is 17.9. The molecule has 1 fully saturated rings. The van der Waals surface area contributed by atoms with E-state index in [2.05, 4.69) is 67.6 Å². The number of nitrogens with one attached hydrogen (secondary N) is 2. The molecule has 0 aliphatic carbocycles. The van der Waals surface area contributed by atoms with Crippen molar-refractivity contribution in [2.45, 2.75) is 0 Å². The minimum atomic E-state index is 0.575. The smallest absolute Gasteiger partial charge is 0.229 e. The molecule has 0 amide bonds. The largest absolute Gasteiger partial charge is 0.369 e. The highest BCUT2D eigenvalue weighted by Crippen LogP contribution is 2.29. The molecular weight excluding hydrogens is 400 g/mol. The first kappa shape index (κ1) is 18.8. The van der Waals surface area contributed by atoms with Crippen LogP contribution in [0.3, 0.4) is 0 Å². The van der Waals surface area contributed by atoms with Crippen LogP contribution in [-0.4, -0.2) is 62.5 Å². The molecular formula is C24H24N8. The van der Waals surface area contributed by atoms with Gasteiger partial charge in [0.15, 0.2) is 0 Å². The number of piperazine rings is 1. The summed E-state index contributed by atoms with van der Waals surface area (Å²) in [5, 5.41) is 4.35. The number of imidazole rings is 1. The predicted molar refractivity (Wildman–Crippen MR) is 128 cm³/mol. The molecule has 1 aliphatic rings. The maximum Gasteiger partial charge on any atom is 0.229 e. The van der Waals surface area contributed by atoms with Crippen molar-refractivity contribution >= 4 is 34.0 Å². The molecule has 5 aromatic rings. The third-order valence-electron chi connectivity index (χ3n) is 6.10. The van der Waals surface area contributed by atoms with Crippen molar-refractivity contribution in [2.75, 3.05) is 43.4 Å². The molecule has 0 spiro atoms. The average molecular weight is 425 g/mol. The van der Waals surface area contributed by atoms with E-state index in [-0.39, 0.29) is 0 Å². The van der Waals surface area contributed by atoms with Gasteiger partial charge in [0.2, 0.25) is 5.95 Å². The van der Waals surface area contributed by atoms with Crippen molar-refractivity contribution < 1.29 is 0 Å². The average Bonchev–Trinajstić information content (AvgIpc) is 3.46. The Hall–Kier alpha value is -3.91. The Balaban J connectivity index is 1.26. The molecule has 32 heavy (non-hydrogen) atoms. The van der Waals surface area contributed by atoms with Crippen molar-refractivity contribution in [3.8, 4) is 11.1 Å². The van der Waals surface area contributed by atoms with Gasteiger partial charge in [-0.05, 0) is 37.4 Å². The highest BCUT2D eigenvalue weighted by molar-refractivity contribution is 5.93. The van der Waals surface area contributed by atoms with E-state index in [4.69, 9.17) is 4.98 Å². The lowest BCUT2D eigenvalue weighted by atomic mass is 10.1. The van der Waals surface area contributed by atoms with Gasteiger partial charge < -0.3 is 24.5 Å². The topological polar surface area (TPSA) is 77.4 Å². The van der Waals surface area contributed by atoms with E-state index >= 15 is 0 Å². The van der Waals surface area contributed by atoms with Crippen LogP contribution in [0.25, 0.3) is 27.8 Å². The Labute approximate surface area is 185 Å². The fraction of sp³-hybridized carbons (Fsp3) is 0.208. The lowest BCUT2D eigenvalue weighted by molar-refractivity contribution is 0.313. The lowest BCUT2D eigenvalue weighted by Gasteiger charge is -2.34. The van der Waals surface area contributed by atoms with Crippen LogP contribution in [0.4, 0.5) is 17.3 Å². The third kappa shape index (κ3) is 3.44. The summed E-state index contributed by atoms with van der Waals surface area (Å²) in [6.45, 7) is 4.25. The normalized spacial score (nSPS) is 15.0. The molecule has 8 heteroatoms. The van der Waals surface area contributed by atoms with Crippen LogP contribution in [0.5, 0.6) is 0 Å². The van der Waals surface area contributed by atoms with Crippen LogP contribution >= 0.6 is 0 Å². The molecule has 1 saturated heterocycles. The number of aromatic amines is 1. The van der Waals surface area contributed by atoms with Gasteiger partial charge in [-0.3, -0.25) is 0 Å². The van der Waals surface area contributed by atoms with E-state index < -0.39 is 0 Å². The van der Waals surface area contributed by atoms with Crippen LogP contribution in [-0.2, 0) is 0 Å². The maximum atomic E-state index is 4.70. The second kappa shape index (κ2) is 7.65. The second-order valence-corrected chi connectivity index (χ2v) is 8.23. The number of rotatable bonds is 4. The molecule has 8 nitrogen and oxygen atoms in total. The van der Waals surface area contributed by atoms with Crippen molar-refractivity contribution in [3.05, 3.63) is 67.4 Å². The monoisotopic (exact) mass is 424 g/mol. The Morgan fingerprint density at radius 1 is 1.03 bits per heavy atom. The summed E-state index contributed by atoms with van der Waals surface area (Å²) in [5.41, 5.74) is 6.10. The summed E-state index contributed by atoms with van der Waals surface area (Å²) in [7, 11) is 2.17. The van der Waals surface area contributed by atoms with E-state index in [1.165, 1.54) is 5.69 Å². The number of nitrogens with zero attached hydrogens (tertiary/aromatic N) is 6. The molecule has 6 rings (SSSR count). The molecule has 0 saturated carbocycles. The van der Waals surface area contributed by atoms with Gasteiger partial charge in [-0.1, -0.05) is 6.07 Å². The molecule has 0 radical (unpaired) electrons. The van der Waals surface area contributed by atoms with E-state index in [1.54, 1.807) is 6.20 Å². The summed E-state index contributed by atoms with van der Waals surface area (Å²) < 4.78 is 2.01. The van der Waals surface area contributed by atoms with Crippen molar-refractivity contribution in [1.82, 2.24) is 29.2 Å². The van der Waals surface area contributed by atoms with Gasteiger partial charge in [0.25, 0.3) is 0 Å². The standard InChI is InChI=1S/C24H24N8/c1-30-9-11-31(12-10-30)19-4-2-3-18(13-19)28-24-27-15-21-20(14-26-23(21)29-24)17-5-6-22-25-7-8-32(22)16-17/h2-8,13-16H,9-12H2,1H3,(H2,26,27,28,29).